The second kappa shape index (κ2) is 5.71. The van der Waals surface area contributed by atoms with Crippen molar-refractivity contribution in [2.75, 3.05) is 5.32 Å². The number of para-hydroxylation sites is 1. The van der Waals surface area contributed by atoms with E-state index in [0.29, 0.717) is 5.02 Å². The topological polar surface area (TPSA) is 53.6 Å². The second-order valence-corrected chi connectivity index (χ2v) is 9.37. The number of H-pyrrole nitrogens is 1. The minimum absolute atomic E-state index is 0.195. The third-order valence-electron chi connectivity index (χ3n) is 7.00. The van der Waals surface area contributed by atoms with Gasteiger partial charge in [-0.1, -0.05) is 29.8 Å². The molecule has 5 heteroatoms. The molecule has 4 aliphatic rings. The highest BCUT2D eigenvalue weighted by molar-refractivity contribution is 6.33. The average molecular weight is 379 g/mol. The van der Waals surface area contributed by atoms with Gasteiger partial charge in [-0.15, -0.1) is 0 Å². The van der Waals surface area contributed by atoms with E-state index in [1.807, 2.05) is 18.3 Å². The van der Waals surface area contributed by atoms with Gasteiger partial charge in [0.15, 0.2) is 0 Å². The van der Waals surface area contributed by atoms with Crippen LogP contribution in [0.5, 0.6) is 0 Å². The maximum atomic E-state index is 6.50. The van der Waals surface area contributed by atoms with Crippen LogP contribution < -0.4 is 5.32 Å². The molecule has 0 unspecified atom stereocenters. The van der Waals surface area contributed by atoms with E-state index in [4.69, 9.17) is 16.6 Å². The van der Waals surface area contributed by atoms with E-state index in [9.17, 15) is 0 Å². The second-order valence-electron chi connectivity index (χ2n) is 8.96. The number of rotatable bonds is 3. The Hall–Kier alpha value is -2.07. The molecule has 0 amide bonds. The molecule has 0 saturated heterocycles. The number of nitrogens with one attached hydrogen (secondary N) is 2. The van der Waals surface area contributed by atoms with Crippen LogP contribution in [0.15, 0.2) is 36.7 Å². The fourth-order valence-electron chi connectivity index (χ4n) is 6.38. The van der Waals surface area contributed by atoms with Crippen molar-refractivity contribution in [3.63, 3.8) is 0 Å². The van der Waals surface area contributed by atoms with Gasteiger partial charge in [0.25, 0.3) is 0 Å². The van der Waals surface area contributed by atoms with Gasteiger partial charge < -0.3 is 10.3 Å². The number of fused-ring (bicyclic) bond motifs is 1. The van der Waals surface area contributed by atoms with Gasteiger partial charge in [0.2, 0.25) is 5.95 Å². The van der Waals surface area contributed by atoms with E-state index in [1.54, 1.807) is 6.20 Å². The lowest BCUT2D eigenvalue weighted by atomic mass is 9.53. The molecule has 4 bridgehead atoms. The van der Waals surface area contributed by atoms with Crippen molar-refractivity contribution in [2.24, 2.45) is 17.8 Å². The van der Waals surface area contributed by atoms with Gasteiger partial charge in [-0.25, -0.2) is 9.97 Å². The Morgan fingerprint density at radius 1 is 1.04 bits per heavy atom. The Labute approximate surface area is 163 Å². The average Bonchev–Trinajstić information content (AvgIpc) is 3.06. The van der Waals surface area contributed by atoms with E-state index in [1.165, 1.54) is 38.5 Å². The van der Waals surface area contributed by atoms with Crippen LogP contribution in [0.1, 0.15) is 38.5 Å². The summed E-state index contributed by atoms with van der Waals surface area (Å²) in [5, 5.41) is 5.50. The number of hydrogen-bond donors (Lipinski definition) is 2. The van der Waals surface area contributed by atoms with Gasteiger partial charge in [0, 0.05) is 28.2 Å². The molecule has 0 spiro atoms. The van der Waals surface area contributed by atoms with Crippen LogP contribution in [0.4, 0.5) is 5.95 Å². The van der Waals surface area contributed by atoms with E-state index >= 15 is 0 Å². The molecule has 2 aromatic heterocycles. The molecule has 0 radical (unpaired) electrons. The zero-order valence-corrected chi connectivity index (χ0v) is 16.0. The SMILES string of the molecule is Clc1cnc(NC23CC4CC(CC(C4)C2)C3)nc1-c1c[nH]c2ccccc12. The molecule has 4 saturated carbocycles. The van der Waals surface area contributed by atoms with Crippen molar-refractivity contribution in [1.82, 2.24) is 15.0 Å². The number of aromatic nitrogens is 3. The van der Waals surface area contributed by atoms with Crippen LogP contribution in [-0.4, -0.2) is 20.5 Å². The van der Waals surface area contributed by atoms with E-state index < -0.39 is 0 Å². The van der Waals surface area contributed by atoms with Crippen LogP contribution in [0.2, 0.25) is 5.02 Å². The van der Waals surface area contributed by atoms with Gasteiger partial charge in [0.1, 0.15) is 0 Å². The summed E-state index contributed by atoms with van der Waals surface area (Å²) in [6.45, 7) is 0. The fourth-order valence-corrected chi connectivity index (χ4v) is 6.58. The summed E-state index contributed by atoms with van der Waals surface area (Å²) in [4.78, 5) is 12.7. The first-order valence-corrected chi connectivity index (χ1v) is 10.4. The third-order valence-corrected chi connectivity index (χ3v) is 7.28. The maximum Gasteiger partial charge on any atom is 0.223 e. The quantitative estimate of drug-likeness (QED) is 0.618. The molecule has 1 aromatic carbocycles. The highest BCUT2D eigenvalue weighted by Gasteiger charge is 2.51. The number of aromatic amines is 1. The molecule has 4 nitrogen and oxygen atoms in total. The first-order valence-electron chi connectivity index (χ1n) is 10.0. The monoisotopic (exact) mass is 378 g/mol. The first-order chi connectivity index (χ1) is 13.2. The van der Waals surface area contributed by atoms with Crippen LogP contribution in [0.25, 0.3) is 22.2 Å². The van der Waals surface area contributed by atoms with Crippen molar-refractivity contribution in [3.05, 3.63) is 41.7 Å². The predicted octanol–water partition coefficient (Wildman–Crippen LogP) is 5.66. The smallest absolute Gasteiger partial charge is 0.223 e. The number of hydrogen-bond acceptors (Lipinski definition) is 3. The summed E-state index contributed by atoms with van der Waals surface area (Å²) >= 11 is 6.50. The molecule has 4 fully saturated rings. The fraction of sp³-hybridized carbons (Fsp3) is 0.455. The Bertz CT molecular complexity index is 989. The molecular weight excluding hydrogens is 356 g/mol. The van der Waals surface area contributed by atoms with Crippen molar-refractivity contribution < 1.29 is 0 Å². The number of nitrogens with zero attached hydrogens (tertiary/aromatic N) is 2. The summed E-state index contributed by atoms with van der Waals surface area (Å²) in [6, 6.07) is 8.25. The highest BCUT2D eigenvalue weighted by atomic mass is 35.5. The van der Waals surface area contributed by atoms with Gasteiger partial charge in [0.05, 0.1) is 16.9 Å². The minimum atomic E-state index is 0.195. The van der Waals surface area contributed by atoms with Crippen molar-refractivity contribution >= 4 is 28.5 Å². The molecule has 0 aliphatic heterocycles. The molecule has 3 aromatic rings. The van der Waals surface area contributed by atoms with Gasteiger partial charge in [-0.2, -0.15) is 0 Å². The molecule has 2 N–H and O–H groups in total. The molecule has 0 atom stereocenters. The molecular formula is C22H23ClN4. The molecule has 4 aliphatic carbocycles. The minimum Gasteiger partial charge on any atom is -0.360 e. The molecule has 138 valence electrons. The number of benzene rings is 1. The lowest BCUT2D eigenvalue weighted by Crippen LogP contribution is -2.55. The van der Waals surface area contributed by atoms with Crippen LogP contribution in [-0.2, 0) is 0 Å². The standard InChI is InChI=1S/C22H23ClN4/c23-18-12-25-21(26-20(18)17-11-24-19-4-2-1-3-16(17)19)27-22-8-13-5-14(9-22)7-15(6-13)10-22/h1-4,11-15,24H,5-10H2,(H,25,26,27). The Kier molecular flexibility index (Phi) is 3.37. The normalized spacial score (nSPS) is 31.5. The predicted molar refractivity (Wildman–Crippen MR) is 109 cm³/mol. The highest BCUT2D eigenvalue weighted by Crippen LogP contribution is 2.56. The van der Waals surface area contributed by atoms with E-state index in [-0.39, 0.29) is 5.54 Å². The summed E-state index contributed by atoms with van der Waals surface area (Å²) in [5.41, 5.74) is 3.13. The van der Waals surface area contributed by atoms with E-state index in [0.717, 1.165) is 45.9 Å². The van der Waals surface area contributed by atoms with Crippen LogP contribution in [0, 0.1) is 17.8 Å². The lowest BCUT2D eigenvalue weighted by Gasteiger charge is -2.56. The molecule has 2 heterocycles. The van der Waals surface area contributed by atoms with E-state index in [2.05, 4.69) is 27.4 Å². The van der Waals surface area contributed by atoms with Gasteiger partial charge in [-0.05, 0) is 62.3 Å². The Morgan fingerprint density at radius 2 is 1.74 bits per heavy atom. The first kappa shape index (κ1) is 15.9. The van der Waals surface area contributed by atoms with Gasteiger partial charge >= 0.3 is 0 Å². The number of anilines is 1. The molecule has 27 heavy (non-hydrogen) atoms. The Balaban J connectivity index is 1.37. The maximum absolute atomic E-state index is 6.50. The van der Waals surface area contributed by atoms with Crippen molar-refractivity contribution in [1.29, 1.82) is 0 Å². The molecule has 7 rings (SSSR count). The summed E-state index contributed by atoms with van der Waals surface area (Å²) < 4.78 is 0. The largest absolute Gasteiger partial charge is 0.360 e. The lowest BCUT2D eigenvalue weighted by molar-refractivity contribution is 0.0103. The van der Waals surface area contributed by atoms with Gasteiger partial charge in [-0.3, -0.25) is 0 Å². The van der Waals surface area contributed by atoms with Crippen LogP contribution >= 0.6 is 11.6 Å². The van der Waals surface area contributed by atoms with Crippen LogP contribution in [0.3, 0.4) is 0 Å². The van der Waals surface area contributed by atoms with Crippen molar-refractivity contribution in [3.8, 4) is 11.3 Å². The third kappa shape index (κ3) is 2.57. The zero-order valence-electron chi connectivity index (χ0n) is 15.2. The Morgan fingerprint density at radius 3 is 2.48 bits per heavy atom. The van der Waals surface area contributed by atoms with Crippen molar-refractivity contribution in [2.45, 2.75) is 44.1 Å². The summed E-state index contributed by atoms with van der Waals surface area (Å²) in [5.74, 6) is 3.40. The number of halogens is 1. The summed E-state index contributed by atoms with van der Waals surface area (Å²) in [7, 11) is 0. The zero-order chi connectivity index (χ0) is 18.0. The summed E-state index contributed by atoms with van der Waals surface area (Å²) in [6.07, 6.45) is 11.9.